The molecule has 25 heavy (non-hydrogen) atoms. The summed E-state index contributed by atoms with van der Waals surface area (Å²) < 4.78 is 5.35. The highest BCUT2D eigenvalue weighted by Crippen LogP contribution is 2.23. The van der Waals surface area contributed by atoms with Crippen LogP contribution in [0.15, 0.2) is 42.5 Å². The van der Waals surface area contributed by atoms with Gasteiger partial charge in [-0.15, -0.1) is 0 Å². The number of carbonyl (C=O) groups excluding carboxylic acids is 2. The highest BCUT2D eigenvalue weighted by molar-refractivity contribution is 5.88. The summed E-state index contributed by atoms with van der Waals surface area (Å²) in [5.74, 6) is 0.604. The largest absolute Gasteiger partial charge is 0.496 e. The molecule has 0 atom stereocenters. The molecule has 0 saturated carbocycles. The molecule has 2 N–H and O–H groups in total. The average molecular weight is 340 g/mol. The molecule has 0 aliphatic heterocycles. The van der Waals surface area contributed by atoms with Gasteiger partial charge < -0.3 is 15.4 Å². The fraction of sp³-hybridized carbons (Fsp3) is 0.300. The van der Waals surface area contributed by atoms with E-state index in [4.69, 9.17) is 4.74 Å². The van der Waals surface area contributed by atoms with Gasteiger partial charge in [-0.25, -0.2) is 0 Å². The molecule has 2 aromatic carbocycles. The van der Waals surface area contributed by atoms with Gasteiger partial charge in [-0.1, -0.05) is 29.8 Å². The van der Waals surface area contributed by atoms with E-state index in [-0.39, 0.29) is 11.8 Å². The summed E-state index contributed by atoms with van der Waals surface area (Å²) in [6.07, 6.45) is 0.987. The van der Waals surface area contributed by atoms with Crippen LogP contribution >= 0.6 is 0 Å². The Morgan fingerprint density at radius 1 is 1.12 bits per heavy atom. The van der Waals surface area contributed by atoms with Crippen LogP contribution < -0.4 is 15.4 Å². The zero-order chi connectivity index (χ0) is 18.2. The summed E-state index contributed by atoms with van der Waals surface area (Å²) in [5, 5.41) is 5.68. The molecule has 132 valence electrons. The van der Waals surface area contributed by atoms with E-state index in [1.165, 1.54) is 6.92 Å². The van der Waals surface area contributed by atoms with Crippen LogP contribution in [-0.4, -0.2) is 25.5 Å². The van der Waals surface area contributed by atoms with Gasteiger partial charge in [0.05, 0.1) is 13.5 Å². The van der Waals surface area contributed by atoms with E-state index < -0.39 is 0 Å². The lowest BCUT2D eigenvalue weighted by Crippen LogP contribution is -2.27. The van der Waals surface area contributed by atoms with Crippen molar-refractivity contribution in [3.63, 3.8) is 0 Å². The number of carbonyl (C=O) groups is 2. The number of anilines is 1. The van der Waals surface area contributed by atoms with Gasteiger partial charge in [-0.05, 0) is 42.7 Å². The summed E-state index contributed by atoms with van der Waals surface area (Å²) in [6.45, 7) is 3.98. The Hall–Kier alpha value is -2.82. The van der Waals surface area contributed by atoms with Gasteiger partial charge in [-0.3, -0.25) is 9.59 Å². The summed E-state index contributed by atoms with van der Waals surface area (Å²) in [6, 6.07) is 13.4. The molecule has 0 heterocycles. The smallest absolute Gasteiger partial charge is 0.224 e. The van der Waals surface area contributed by atoms with Crippen LogP contribution in [0.1, 0.15) is 23.6 Å². The van der Waals surface area contributed by atoms with Crippen molar-refractivity contribution in [3.8, 4) is 5.75 Å². The third-order valence-corrected chi connectivity index (χ3v) is 3.76. The number of hydrogen-bond acceptors (Lipinski definition) is 3. The van der Waals surface area contributed by atoms with Gasteiger partial charge in [0.2, 0.25) is 11.8 Å². The van der Waals surface area contributed by atoms with Crippen LogP contribution in [0.25, 0.3) is 0 Å². The zero-order valence-corrected chi connectivity index (χ0v) is 14.9. The predicted octanol–water partition coefficient (Wildman–Crippen LogP) is 2.86. The Bertz CT molecular complexity index is 756. The van der Waals surface area contributed by atoms with E-state index in [2.05, 4.69) is 10.6 Å². The zero-order valence-electron chi connectivity index (χ0n) is 14.9. The summed E-state index contributed by atoms with van der Waals surface area (Å²) in [5.41, 5.74) is 3.80. The summed E-state index contributed by atoms with van der Waals surface area (Å²) in [7, 11) is 1.60. The molecule has 0 unspecified atom stereocenters. The number of nitrogens with one attached hydrogen (secondary N) is 2. The molecule has 0 aliphatic rings. The van der Waals surface area contributed by atoms with Crippen molar-refractivity contribution < 1.29 is 14.3 Å². The molecule has 2 rings (SSSR count). The van der Waals surface area contributed by atoms with E-state index in [0.717, 1.165) is 28.1 Å². The van der Waals surface area contributed by atoms with Crippen LogP contribution in [0.5, 0.6) is 5.75 Å². The van der Waals surface area contributed by atoms with Crippen molar-refractivity contribution >= 4 is 17.5 Å². The molecule has 2 aromatic rings. The molecule has 0 radical (unpaired) electrons. The molecule has 0 aromatic heterocycles. The third-order valence-electron chi connectivity index (χ3n) is 3.76. The first-order valence-electron chi connectivity index (χ1n) is 8.24. The van der Waals surface area contributed by atoms with Crippen LogP contribution in [-0.2, 0) is 22.4 Å². The molecule has 0 aliphatic carbocycles. The molecule has 0 saturated heterocycles. The average Bonchev–Trinajstić information content (AvgIpc) is 2.54. The van der Waals surface area contributed by atoms with E-state index in [0.29, 0.717) is 19.4 Å². The minimum absolute atomic E-state index is 0.0115. The minimum atomic E-state index is -0.123. The topological polar surface area (TPSA) is 67.4 Å². The molecule has 0 bridgehead atoms. The van der Waals surface area contributed by atoms with Crippen molar-refractivity contribution in [1.29, 1.82) is 0 Å². The highest BCUT2D eigenvalue weighted by atomic mass is 16.5. The Balaban J connectivity index is 1.91. The molecular weight excluding hydrogens is 316 g/mol. The first-order valence-corrected chi connectivity index (χ1v) is 8.24. The SMILES string of the molecule is COc1ccc(NC(C)=O)cc1CCNC(=O)Cc1cccc(C)c1. The lowest BCUT2D eigenvalue weighted by Gasteiger charge is -2.12. The Kier molecular flexibility index (Phi) is 6.57. The quantitative estimate of drug-likeness (QED) is 0.814. The van der Waals surface area contributed by atoms with Crippen LogP contribution in [0, 0.1) is 6.92 Å². The number of benzene rings is 2. The third kappa shape index (κ3) is 5.95. The molecule has 0 spiro atoms. The molecule has 5 heteroatoms. The van der Waals surface area contributed by atoms with Crippen molar-refractivity contribution in [3.05, 3.63) is 59.2 Å². The Morgan fingerprint density at radius 2 is 1.92 bits per heavy atom. The van der Waals surface area contributed by atoms with Gasteiger partial charge in [0.15, 0.2) is 0 Å². The fourth-order valence-electron chi connectivity index (χ4n) is 2.66. The fourth-order valence-corrected chi connectivity index (χ4v) is 2.66. The summed E-state index contributed by atoms with van der Waals surface area (Å²) >= 11 is 0. The Morgan fingerprint density at radius 3 is 2.60 bits per heavy atom. The van der Waals surface area contributed by atoms with Gasteiger partial charge in [-0.2, -0.15) is 0 Å². The normalized spacial score (nSPS) is 10.2. The van der Waals surface area contributed by atoms with Crippen LogP contribution in [0.3, 0.4) is 0 Å². The maximum Gasteiger partial charge on any atom is 0.224 e. The monoisotopic (exact) mass is 340 g/mol. The van der Waals surface area contributed by atoms with E-state index in [1.54, 1.807) is 13.2 Å². The van der Waals surface area contributed by atoms with Gasteiger partial charge >= 0.3 is 0 Å². The standard InChI is InChI=1S/C20H24N2O3/c1-14-5-4-6-16(11-14)12-20(24)21-10-9-17-13-18(22-15(2)23)7-8-19(17)25-3/h4-8,11,13H,9-10,12H2,1-3H3,(H,21,24)(H,22,23). The molecule has 0 fully saturated rings. The maximum atomic E-state index is 12.1. The van der Waals surface area contributed by atoms with Gasteiger partial charge in [0.25, 0.3) is 0 Å². The van der Waals surface area contributed by atoms with Crippen LogP contribution in [0.2, 0.25) is 0 Å². The second-order valence-electron chi connectivity index (χ2n) is 5.97. The first-order chi connectivity index (χ1) is 12.0. The maximum absolute atomic E-state index is 12.1. The van der Waals surface area contributed by atoms with E-state index in [9.17, 15) is 9.59 Å². The second kappa shape index (κ2) is 8.87. The number of methoxy groups -OCH3 is 1. The first kappa shape index (κ1) is 18.5. The number of ether oxygens (including phenoxy) is 1. The van der Waals surface area contributed by atoms with Crippen molar-refractivity contribution in [2.45, 2.75) is 26.7 Å². The van der Waals surface area contributed by atoms with Crippen molar-refractivity contribution in [1.82, 2.24) is 5.32 Å². The number of aryl methyl sites for hydroxylation is 1. The van der Waals surface area contributed by atoms with E-state index in [1.807, 2.05) is 43.3 Å². The van der Waals surface area contributed by atoms with Gasteiger partial charge in [0.1, 0.15) is 5.75 Å². The molecule has 5 nitrogen and oxygen atoms in total. The van der Waals surface area contributed by atoms with Crippen molar-refractivity contribution in [2.24, 2.45) is 0 Å². The highest BCUT2D eigenvalue weighted by Gasteiger charge is 2.07. The Labute approximate surface area is 148 Å². The second-order valence-corrected chi connectivity index (χ2v) is 5.97. The minimum Gasteiger partial charge on any atom is -0.496 e. The number of amides is 2. The molecule has 2 amide bonds. The molecular formula is C20H24N2O3. The lowest BCUT2D eigenvalue weighted by molar-refractivity contribution is -0.120. The number of hydrogen-bond donors (Lipinski definition) is 2. The van der Waals surface area contributed by atoms with Crippen LogP contribution in [0.4, 0.5) is 5.69 Å². The predicted molar refractivity (Wildman–Crippen MR) is 98.9 cm³/mol. The van der Waals surface area contributed by atoms with Gasteiger partial charge in [0, 0.05) is 19.2 Å². The van der Waals surface area contributed by atoms with Crippen molar-refractivity contribution in [2.75, 3.05) is 19.0 Å². The number of rotatable bonds is 7. The summed E-state index contributed by atoms with van der Waals surface area (Å²) in [4.78, 5) is 23.3. The van der Waals surface area contributed by atoms with E-state index >= 15 is 0 Å². The lowest BCUT2D eigenvalue weighted by atomic mass is 10.1.